The minimum Gasteiger partial charge on any atom is -0.374 e. The Morgan fingerprint density at radius 1 is 1.31 bits per heavy atom. The summed E-state index contributed by atoms with van der Waals surface area (Å²) in [5.74, 6) is 2.05. The first kappa shape index (κ1) is 10.5. The molecule has 0 saturated carbocycles. The topological polar surface area (TPSA) is 39.9 Å². The number of hydrogen-bond donors (Lipinski definition) is 0. The Bertz CT molecular complexity index is 262. The lowest BCUT2D eigenvalue weighted by Gasteiger charge is -2.05. The molecule has 0 aliphatic rings. The van der Waals surface area contributed by atoms with Gasteiger partial charge in [-0.3, -0.25) is 0 Å². The molecule has 0 amide bonds. The molecule has 74 valence electrons. The van der Waals surface area contributed by atoms with Crippen LogP contribution in [0.25, 0.3) is 0 Å². The van der Waals surface area contributed by atoms with Gasteiger partial charge < -0.3 is 9.30 Å². The molecular formula is C8H14ClN3O. The fourth-order valence-electron chi connectivity index (χ4n) is 1.14. The predicted octanol–water partition coefficient (Wildman–Crippen LogP) is 1.57. The molecule has 0 fully saturated rings. The Kier molecular flexibility index (Phi) is 4.18. The molecule has 0 radical (unpaired) electrons. The molecule has 1 aromatic rings. The van der Waals surface area contributed by atoms with Crippen molar-refractivity contribution in [2.75, 3.05) is 6.61 Å². The van der Waals surface area contributed by atoms with E-state index in [0.717, 1.165) is 18.2 Å². The molecule has 1 aromatic heterocycles. The summed E-state index contributed by atoms with van der Waals surface area (Å²) in [5.41, 5.74) is 0. The van der Waals surface area contributed by atoms with Gasteiger partial charge in [0.05, 0.1) is 5.88 Å². The molecule has 0 aromatic carbocycles. The third kappa shape index (κ3) is 2.42. The van der Waals surface area contributed by atoms with Crippen LogP contribution in [-0.4, -0.2) is 21.4 Å². The fourth-order valence-corrected chi connectivity index (χ4v) is 1.33. The van der Waals surface area contributed by atoms with E-state index >= 15 is 0 Å². The van der Waals surface area contributed by atoms with Crippen LogP contribution >= 0.6 is 11.6 Å². The molecule has 0 atom stereocenters. The molecule has 4 nitrogen and oxygen atoms in total. The van der Waals surface area contributed by atoms with Crippen molar-refractivity contribution in [3.8, 4) is 0 Å². The van der Waals surface area contributed by atoms with Gasteiger partial charge in [0.1, 0.15) is 12.4 Å². The molecular weight excluding hydrogens is 190 g/mol. The van der Waals surface area contributed by atoms with Gasteiger partial charge in [0, 0.05) is 13.2 Å². The first-order chi connectivity index (χ1) is 6.33. The van der Waals surface area contributed by atoms with Crippen LogP contribution < -0.4 is 0 Å². The summed E-state index contributed by atoms with van der Waals surface area (Å²) in [6, 6.07) is 0. The molecule has 0 aliphatic heterocycles. The molecule has 0 saturated heterocycles. The Hall–Kier alpha value is -0.610. The number of alkyl halides is 1. The van der Waals surface area contributed by atoms with E-state index in [9.17, 15) is 0 Å². The number of aromatic nitrogens is 3. The van der Waals surface area contributed by atoms with Gasteiger partial charge in [0.25, 0.3) is 0 Å². The van der Waals surface area contributed by atoms with Crippen LogP contribution in [-0.2, 0) is 23.8 Å². The second kappa shape index (κ2) is 5.19. The highest BCUT2D eigenvalue weighted by Gasteiger charge is 2.08. The second-order valence-electron chi connectivity index (χ2n) is 2.55. The van der Waals surface area contributed by atoms with Gasteiger partial charge >= 0.3 is 0 Å². The normalized spacial score (nSPS) is 10.7. The molecule has 5 heteroatoms. The Balaban J connectivity index is 2.75. The van der Waals surface area contributed by atoms with Crippen molar-refractivity contribution in [2.45, 2.75) is 32.9 Å². The quantitative estimate of drug-likeness (QED) is 0.683. The summed E-state index contributed by atoms with van der Waals surface area (Å²) < 4.78 is 7.23. The summed E-state index contributed by atoms with van der Waals surface area (Å²) in [6.07, 6.45) is 0. The van der Waals surface area contributed by atoms with Crippen molar-refractivity contribution in [3.05, 3.63) is 11.6 Å². The molecule has 0 bridgehead atoms. The average Bonchev–Trinajstić information content (AvgIpc) is 2.56. The summed E-state index contributed by atoms with van der Waals surface area (Å²) >= 11 is 5.69. The van der Waals surface area contributed by atoms with Crippen molar-refractivity contribution >= 4 is 11.6 Å². The fraction of sp³-hybridized carbons (Fsp3) is 0.750. The minimum atomic E-state index is 0.396. The molecule has 0 N–H and O–H groups in total. The monoisotopic (exact) mass is 203 g/mol. The zero-order valence-corrected chi connectivity index (χ0v) is 8.71. The second-order valence-corrected chi connectivity index (χ2v) is 2.81. The van der Waals surface area contributed by atoms with Crippen molar-refractivity contribution in [2.24, 2.45) is 0 Å². The van der Waals surface area contributed by atoms with Crippen LogP contribution in [0.15, 0.2) is 0 Å². The standard InChI is InChI=1S/C8H14ClN3O/c1-3-12-7(5-9)10-11-8(12)6-13-4-2/h3-6H2,1-2H3. The highest BCUT2D eigenvalue weighted by Crippen LogP contribution is 2.05. The third-order valence-electron chi connectivity index (χ3n) is 1.78. The zero-order valence-electron chi connectivity index (χ0n) is 7.96. The number of nitrogens with zero attached hydrogens (tertiary/aromatic N) is 3. The lowest BCUT2D eigenvalue weighted by molar-refractivity contribution is 0.125. The molecule has 1 rings (SSSR count). The maximum absolute atomic E-state index is 5.69. The molecule has 1 heterocycles. The maximum atomic E-state index is 5.69. The first-order valence-electron chi connectivity index (χ1n) is 4.38. The van der Waals surface area contributed by atoms with Crippen LogP contribution in [0.3, 0.4) is 0 Å². The Labute approximate surface area is 82.9 Å². The zero-order chi connectivity index (χ0) is 9.68. The molecule has 0 spiro atoms. The van der Waals surface area contributed by atoms with Gasteiger partial charge in [-0.2, -0.15) is 0 Å². The van der Waals surface area contributed by atoms with Gasteiger partial charge in [0.2, 0.25) is 0 Å². The number of rotatable bonds is 5. The Morgan fingerprint density at radius 3 is 2.54 bits per heavy atom. The SMILES string of the molecule is CCOCc1nnc(CCl)n1CC. The summed E-state index contributed by atoms with van der Waals surface area (Å²) in [5, 5.41) is 7.96. The van der Waals surface area contributed by atoms with Gasteiger partial charge in [-0.25, -0.2) is 0 Å². The smallest absolute Gasteiger partial charge is 0.159 e. The van der Waals surface area contributed by atoms with Crippen LogP contribution in [0.1, 0.15) is 25.5 Å². The van der Waals surface area contributed by atoms with E-state index in [2.05, 4.69) is 10.2 Å². The maximum Gasteiger partial charge on any atom is 0.159 e. The van der Waals surface area contributed by atoms with Gasteiger partial charge in [-0.15, -0.1) is 21.8 Å². The highest BCUT2D eigenvalue weighted by atomic mass is 35.5. The van der Waals surface area contributed by atoms with Crippen molar-refractivity contribution in [1.82, 2.24) is 14.8 Å². The van der Waals surface area contributed by atoms with Crippen molar-refractivity contribution in [3.63, 3.8) is 0 Å². The first-order valence-corrected chi connectivity index (χ1v) is 4.91. The minimum absolute atomic E-state index is 0.396. The largest absolute Gasteiger partial charge is 0.374 e. The lowest BCUT2D eigenvalue weighted by atomic mass is 10.5. The van der Waals surface area contributed by atoms with E-state index in [0.29, 0.717) is 19.1 Å². The summed E-state index contributed by atoms with van der Waals surface area (Å²) in [6.45, 7) is 6.02. The van der Waals surface area contributed by atoms with E-state index in [-0.39, 0.29) is 0 Å². The van der Waals surface area contributed by atoms with Crippen LogP contribution in [0.2, 0.25) is 0 Å². The van der Waals surface area contributed by atoms with E-state index in [1.807, 2.05) is 18.4 Å². The van der Waals surface area contributed by atoms with Crippen LogP contribution in [0.5, 0.6) is 0 Å². The predicted molar refractivity (Wildman–Crippen MR) is 50.6 cm³/mol. The lowest BCUT2D eigenvalue weighted by Crippen LogP contribution is -2.06. The summed E-state index contributed by atoms with van der Waals surface area (Å²) in [7, 11) is 0. The van der Waals surface area contributed by atoms with E-state index in [1.54, 1.807) is 0 Å². The van der Waals surface area contributed by atoms with E-state index in [1.165, 1.54) is 0 Å². The van der Waals surface area contributed by atoms with Crippen LogP contribution in [0.4, 0.5) is 0 Å². The van der Waals surface area contributed by atoms with E-state index < -0.39 is 0 Å². The average molecular weight is 204 g/mol. The molecule has 13 heavy (non-hydrogen) atoms. The third-order valence-corrected chi connectivity index (χ3v) is 2.01. The Morgan fingerprint density at radius 2 is 2.00 bits per heavy atom. The highest BCUT2D eigenvalue weighted by molar-refractivity contribution is 6.16. The van der Waals surface area contributed by atoms with Gasteiger partial charge in [-0.05, 0) is 13.8 Å². The van der Waals surface area contributed by atoms with Crippen molar-refractivity contribution in [1.29, 1.82) is 0 Å². The number of halogens is 1. The molecule has 0 unspecified atom stereocenters. The number of ether oxygens (including phenoxy) is 1. The summed E-state index contributed by atoms with van der Waals surface area (Å²) in [4.78, 5) is 0. The van der Waals surface area contributed by atoms with Gasteiger partial charge in [-0.1, -0.05) is 0 Å². The number of hydrogen-bond acceptors (Lipinski definition) is 3. The van der Waals surface area contributed by atoms with Crippen LogP contribution in [0, 0.1) is 0 Å². The van der Waals surface area contributed by atoms with E-state index in [4.69, 9.17) is 16.3 Å². The molecule has 0 aliphatic carbocycles. The van der Waals surface area contributed by atoms with Crippen molar-refractivity contribution < 1.29 is 4.74 Å². The van der Waals surface area contributed by atoms with Gasteiger partial charge in [0.15, 0.2) is 5.82 Å².